The first-order chi connectivity index (χ1) is 8.27. The molecule has 1 saturated carbocycles. The van der Waals surface area contributed by atoms with Crippen molar-refractivity contribution in [2.75, 3.05) is 0 Å². The maximum Gasteiger partial charge on any atom is 0.263 e. The SMILES string of the molecule is NC(=O)p1c2c(c3ccccc31)C1CC1C=C2. The zero-order chi connectivity index (χ0) is 11.6. The van der Waals surface area contributed by atoms with Gasteiger partial charge in [0.05, 0.1) is 0 Å². The second-order valence-electron chi connectivity index (χ2n) is 4.85. The van der Waals surface area contributed by atoms with Crippen molar-refractivity contribution in [2.45, 2.75) is 12.3 Å². The summed E-state index contributed by atoms with van der Waals surface area (Å²) in [6.45, 7) is 0. The van der Waals surface area contributed by atoms with Gasteiger partial charge in [0.25, 0.3) is 5.65 Å². The van der Waals surface area contributed by atoms with Crippen molar-refractivity contribution < 1.29 is 4.79 Å². The number of carbonyl (C=O) groups is 1. The molecule has 0 radical (unpaired) electrons. The minimum Gasteiger partial charge on any atom is -0.363 e. The molecule has 1 aromatic heterocycles. The first-order valence-corrected chi connectivity index (χ1v) is 7.23. The predicted octanol–water partition coefficient (Wildman–Crippen LogP) is 3.88. The molecular weight excluding hydrogens is 229 g/mol. The van der Waals surface area contributed by atoms with Crippen molar-refractivity contribution in [3.8, 4) is 0 Å². The first kappa shape index (κ1) is 9.49. The van der Waals surface area contributed by atoms with E-state index in [0.717, 1.165) is 5.12 Å². The van der Waals surface area contributed by atoms with Crippen molar-refractivity contribution in [2.24, 2.45) is 11.7 Å². The Balaban J connectivity index is 2.18. The van der Waals surface area contributed by atoms with E-state index in [9.17, 15) is 4.79 Å². The van der Waals surface area contributed by atoms with Gasteiger partial charge in [0.2, 0.25) is 0 Å². The lowest BCUT2D eigenvalue weighted by Crippen LogP contribution is -2.01. The molecule has 2 aromatic rings. The molecule has 1 amide bonds. The maximum atomic E-state index is 11.7. The Morgan fingerprint density at radius 1 is 1.35 bits per heavy atom. The van der Waals surface area contributed by atoms with Crippen molar-refractivity contribution in [1.29, 1.82) is 0 Å². The quantitative estimate of drug-likeness (QED) is 0.808. The highest BCUT2D eigenvalue weighted by Gasteiger charge is 2.42. The molecule has 0 aliphatic heterocycles. The van der Waals surface area contributed by atoms with E-state index in [1.54, 1.807) is 0 Å². The minimum atomic E-state index is -0.946. The van der Waals surface area contributed by atoms with Gasteiger partial charge in [-0.15, -0.1) is 0 Å². The van der Waals surface area contributed by atoms with Crippen LogP contribution in [-0.4, -0.2) is 5.65 Å². The molecule has 4 rings (SSSR count). The highest BCUT2D eigenvalue weighted by atomic mass is 31.1. The number of hydrogen-bond acceptors (Lipinski definition) is 1. The number of hydrogen-bond donors (Lipinski definition) is 1. The fourth-order valence-electron chi connectivity index (χ4n) is 3.05. The molecule has 3 unspecified atom stereocenters. The van der Waals surface area contributed by atoms with E-state index < -0.39 is 7.53 Å². The number of nitrogens with two attached hydrogens (primary N) is 1. The number of benzene rings is 1. The largest absolute Gasteiger partial charge is 0.363 e. The molecule has 84 valence electrons. The summed E-state index contributed by atoms with van der Waals surface area (Å²) in [6.07, 6.45) is 5.65. The Hall–Kier alpha value is -1.53. The van der Waals surface area contributed by atoms with Gasteiger partial charge in [-0.1, -0.05) is 30.4 Å². The lowest BCUT2D eigenvalue weighted by molar-refractivity contribution is 0.267. The molecule has 0 saturated heterocycles. The highest BCUT2D eigenvalue weighted by molar-refractivity contribution is 7.73. The van der Waals surface area contributed by atoms with E-state index in [2.05, 4.69) is 30.4 Å². The Labute approximate surface area is 100 Å². The van der Waals surface area contributed by atoms with Gasteiger partial charge in [-0.05, 0) is 42.8 Å². The van der Waals surface area contributed by atoms with Gasteiger partial charge in [-0.25, -0.2) is 0 Å². The number of amides is 1. The van der Waals surface area contributed by atoms with Crippen LogP contribution < -0.4 is 5.73 Å². The van der Waals surface area contributed by atoms with Gasteiger partial charge < -0.3 is 5.73 Å². The van der Waals surface area contributed by atoms with Gasteiger partial charge in [-0.3, -0.25) is 4.79 Å². The van der Waals surface area contributed by atoms with Crippen LogP contribution in [0, 0.1) is 5.92 Å². The van der Waals surface area contributed by atoms with Crippen LogP contribution >= 0.6 is 7.53 Å². The summed E-state index contributed by atoms with van der Waals surface area (Å²) in [5, 5.41) is 3.66. The molecule has 17 heavy (non-hydrogen) atoms. The number of rotatable bonds is 1. The minimum absolute atomic E-state index is 0.166. The summed E-state index contributed by atoms with van der Waals surface area (Å²) in [4.78, 5) is 11.7. The van der Waals surface area contributed by atoms with Crippen molar-refractivity contribution in [1.82, 2.24) is 0 Å². The number of allylic oxidation sites excluding steroid dienone is 1. The lowest BCUT2D eigenvalue weighted by Gasteiger charge is -2.06. The van der Waals surface area contributed by atoms with Gasteiger partial charge in [0.1, 0.15) is 0 Å². The molecule has 1 fully saturated rings. The van der Waals surface area contributed by atoms with Crippen LogP contribution in [0.2, 0.25) is 0 Å². The summed E-state index contributed by atoms with van der Waals surface area (Å²) >= 11 is 0. The van der Waals surface area contributed by atoms with Crippen LogP contribution in [-0.2, 0) is 0 Å². The van der Waals surface area contributed by atoms with E-state index in [4.69, 9.17) is 5.73 Å². The van der Waals surface area contributed by atoms with E-state index in [0.29, 0.717) is 11.8 Å². The Bertz CT molecular complexity index is 683. The zero-order valence-electron chi connectivity index (χ0n) is 9.26. The Kier molecular flexibility index (Phi) is 1.69. The third-order valence-electron chi connectivity index (χ3n) is 3.88. The Morgan fingerprint density at radius 3 is 3.00 bits per heavy atom. The topological polar surface area (TPSA) is 43.1 Å². The van der Waals surface area contributed by atoms with E-state index in [-0.39, 0.29) is 5.65 Å². The normalized spacial score (nSPS) is 25.5. The van der Waals surface area contributed by atoms with Gasteiger partial charge in [0, 0.05) is 10.4 Å². The molecule has 3 heteroatoms. The fourth-order valence-corrected chi connectivity index (χ4v) is 5.22. The number of fused-ring (bicyclic) bond motifs is 5. The van der Waals surface area contributed by atoms with Crippen molar-refractivity contribution in [3.05, 3.63) is 41.2 Å². The van der Waals surface area contributed by atoms with Crippen LogP contribution in [0.5, 0.6) is 0 Å². The average molecular weight is 241 g/mol. The molecule has 2 aliphatic rings. The summed E-state index contributed by atoms with van der Waals surface area (Å²) in [5.41, 5.74) is 6.85. The van der Waals surface area contributed by atoms with E-state index in [1.165, 1.54) is 22.7 Å². The third-order valence-corrected chi connectivity index (χ3v) is 6.07. The molecular formula is C14H12NOP. The number of carbonyl (C=O) groups excluding carboxylic acids is 1. The lowest BCUT2D eigenvalue weighted by atomic mass is 10.0. The molecule has 1 heterocycles. The zero-order valence-corrected chi connectivity index (χ0v) is 10.2. The van der Waals surface area contributed by atoms with Gasteiger partial charge >= 0.3 is 0 Å². The third kappa shape index (κ3) is 1.14. The van der Waals surface area contributed by atoms with Crippen molar-refractivity contribution >= 4 is 29.8 Å². The van der Waals surface area contributed by atoms with Crippen LogP contribution in [0.4, 0.5) is 4.79 Å². The maximum absolute atomic E-state index is 11.7. The molecule has 0 spiro atoms. The average Bonchev–Trinajstić information content (AvgIpc) is 3.02. The number of primary amides is 1. The summed E-state index contributed by atoms with van der Waals surface area (Å²) in [6, 6.07) is 8.27. The Morgan fingerprint density at radius 2 is 2.18 bits per heavy atom. The monoisotopic (exact) mass is 241 g/mol. The summed E-state index contributed by atoms with van der Waals surface area (Å²) in [5.74, 6) is 1.37. The molecule has 2 aliphatic carbocycles. The summed E-state index contributed by atoms with van der Waals surface area (Å²) < 4.78 is 0. The van der Waals surface area contributed by atoms with Gasteiger partial charge in [0.15, 0.2) is 0 Å². The van der Waals surface area contributed by atoms with Crippen LogP contribution in [0.3, 0.4) is 0 Å². The van der Waals surface area contributed by atoms with Crippen LogP contribution in [0.1, 0.15) is 23.2 Å². The van der Waals surface area contributed by atoms with Crippen molar-refractivity contribution in [3.63, 3.8) is 0 Å². The predicted molar refractivity (Wildman–Crippen MR) is 71.5 cm³/mol. The molecule has 2 N–H and O–H groups in total. The first-order valence-electron chi connectivity index (χ1n) is 5.88. The van der Waals surface area contributed by atoms with E-state index >= 15 is 0 Å². The molecule has 3 atom stereocenters. The second-order valence-corrected chi connectivity index (χ2v) is 6.93. The fraction of sp³-hybridized carbons (Fsp3) is 0.214. The van der Waals surface area contributed by atoms with Crippen LogP contribution in [0.15, 0.2) is 30.3 Å². The summed E-state index contributed by atoms with van der Waals surface area (Å²) in [7, 11) is -0.946. The molecule has 1 aromatic carbocycles. The van der Waals surface area contributed by atoms with Crippen LogP contribution in [0.25, 0.3) is 16.6 Å². The molecule has 0 bridgehead atoms. The standard InChI is InChI=1S/C14H12NOP/c15-14(16)17-11-4-2-1-3-9(11)13-10-7-8(10)5-6-12(13)17/h1-6,8,10H,7H2,(H2,15,16). The highest BCUT2D eigenvalue weighted by Crippen LogP contribution is 2.61. The van der Waals surface area contributed by atoms with E-state index in [1.807, 2.05) is 6.07 Å². The second kappa shape index (κ2) is 3.02. The molecule has 2 nitrogen and oxygen atoms in total. The van der Waals surface area contributed by atoms with Gasteiger partial charge in [-0.2, -0.15) is 0 Å². The smallest absolute Gasteiger partial charge is 0.263 e.